The molecule has 3 nitrogen and oxygen atoms in total. The highest BCUT2D eigenvalue weighted by Crippen LogP contribution is 2.22. The van der Waals surface area contributed by atoms with Crippen LogP contribution in [-0.2, 0) is 0 Å². The summed E-state index contributed by atoms with van der Waals surface area (Å²) in [6, 6.07) is 4.19. The van der Waals surface area contributed by atoms with Gasteiger partial charge in [0.25, 0.3) is 0 Å². The van der Waals surface area contributed by atoms with Gasteiger partial charge in [0.15, 0.2) is 11.6 Å². The molecule has 0 radical (unpaired) electrons. The fourth-order valence-electron chi connectivity index (χ4n) is 0.788. The van der Waals surface area contributed by atoms with Crippen molar-refractivity contribution in [1.82, 2.24) is 0 Å². The van der Waals surface area contributed by atoms with Gasteiger partial charge in [-0.25, -0.2) is 14.8 Å². The summed E-state index contributed by atoms with van der Waals surface area (Å²) in [5.74, 6) is 4.84. The van der Waals surface area contributed by atoms with Gasteiger partial charge >= 0.3 is 0 Å². The number of hydrazine groups is 1. The Kier molecular flexibility index (Phi) is 2.73. The fourth-order valence-corrected chi connectivity index (χ4v) is 0.893. The van der Waals surface area contributed by atoms with Crippen molar-refractivity contribution in [3.63, 3.8) is 0 Å². The summed E-state index contributed by atoms with van der Waals surface area (Å²) in [6.45, 7) is 0. The Labute approximate surface area is 74.6 Å². The zero-order valence-electron chi connectivity index (χ0n) is 6.42. The van der Waals surface area contributed by atoms with E-state index in [0.717, 1.165) is 4.53 Å². The van der Waals surface area contributed by atoms with Crippen LogP contribution < -0.4 is 15.1 Å². The summed E-state index contributed by atoms with van der Waals surface area (Å²) in [6.07, 6.45) is 0. The van der Waals surface area contributed by atoms with Gasteiger partial charge in [0.1, 0.15) is 0 Å². The van der Waals surface area contributed by atoms with E-state index in [9.17, 15) is 4.39 Å². The minimum absolute atomic E-state index is 0.164. The Morgan fingerprint density at radius 3 is 2.67 bits per heavy atom. The van der Waals surface area contributed by atoms with Gasteiger partial charge < -0.3 is 4.74 Å². The summed E-state index contributed by atoms with van der Waals surface area (Å²) in [5.41, 5.74) is 0.370. The van der Waals surface area contributed by atoms with Crippen LogP contribution in [0.2, 0.25) is 0 Å². The highest BCUT2D eigenvalue weighted by atomic mass is 35.5. The Morgan fingerprint density at radius 1 is 1.58 bits per heavy atom. The molecule has 0 amide bonds. The van der Waals surface area contributed by atoms with Gasteiger partial charge in [0, 0.05) is 17.8 Å². The van der Waals surface area contributed by atoms with Gasteiger partial charge in [0.05, 0.1) is 12.8 Å². The van der Waals surface area contributed by atoms with E-state index >= 15 is 0 Å². The molecule has 2 N–H and O–H groups in total. The Balaban J connectivity index is 3.02. The Morgan fingerprint density at radius 2 is 2.25 bits per heavy atom. The third-order valence-corrected chi connectivity index (χ3v) is 1.58. The van der Waals surface area contributed by atoms with Crippen LogP contribution in [0.15, 0.2) is 18.2 Å². The highest BCUT2D eigenvalue weighted by Gasteiger charge is 2.04. The lowest BCUT2D eigenvalue weighted by Gasteiger charge is -2.09. The standard InChI is InChI=1S/C7H8ClFN2O/c1-12-7-3-2-5(11(8)10)4-6(7)9/h2-4H,10H2,1H3. The quantitative estimate of drug-likeness (QED) is 0.438. The van der Waals surface area contributed by atoms with Gasteiger partial charge in [-0.1, -0.05) is 0 Å². The smallest absolute Gasteiger partial charge is 0.167 e. The van der Waals surface area contributed by atoms with Crippen molar-refractivity contribution in [2.75, 3.05) is 11.6 Å². The molecular weight excluding hydrogens is 183 g/mol. The van der Waals surface area contributed by atoms with Crippen molar-refractivity contribution in [3.8, 4) is 5.75 Å². The molecule has 1 aromatic carbocycles. The van der Waals surface area contributed by atoms with Crippen molar-refractivity contribution in [1.29, 1.82) is 0 Å². The van der Waals surface area contributed by atoms with Crippen LogP contribution in [0.1, 0.15) is 0 Å². The number of hydrogen-bond donors (Lipinski definition) is 1. The molecule has 0 saturated heterocycles. The summed E-state index contributed by atoms with van der Waals surface area (Å²) < 4.78 is 18.5. The predicted octanol–water partition coefficient (Wildman–Crippen LogP) is 1.67. The van der Waals surface area contributed by atoms with Crippen LogP contribution in [0.3, 0.4) is 0 Å². The van der Waals surface area contributed by atoms with E-state index in [4.69, 9.17) is 22.4 Å². The van der Waals surface area contributed by atoms with Crippen LogP contribution in [0.5, 0.6) is 5.75 Å². The molecular formula is C7H8ClFN2O. The van der Waals surface area contributed by atoms with E-state index in [-0.39, 0.29) is 5.75 Å². The maximum absolute atomic E-state index is 12.9. The number of benzene rings is 1. The third-order valence-electron chi connectivity index (χ3n) is 1.38. The molecule has 5 heteroatoms. The van der Waals surface area contributed by atoms with Gasteiger partial charge in [-0.2, -0.15) is 0 Å². The number of anilines is 1. The Hall–Kier alpha value is -1.00. The molecule has 0 aliphatic rings. The van der Waals surface area contributed by atoms with Crippen molar-refractivity contribution in [2.45, 2.75) is 0 Å². The van der Waals surface area contributed by atoms with E-state index in [1.165, 1.54) is 19.2 Å². The molecule has 12 heavy (non-hydrogen) atoms. The van der Waals surface area contributed by atoms with Gasteiger partial charge in [-0.05, 0) is 12.1 Å². The number of halogens is 2. The number of rotatable bonds is 2. The zero-order valence-corrected chi connectivity index (χ0v) is 7.18. The maximum atomic E-state index is 12.9. The van der Waals surface area contributed by atoms with Gasteiger partial charge in [-0.15, -0.1) is 0 Å². The van der Waals surface area contributed by atoms with Crippen molar-refractivity contribution < 1.29 is 9.13 Å². The van der Waals surface area contributed by atoms with E-state index in [1.807, 2.05) is 0 Å². The summed E-state index contributed by atoms with van der Waals surface area (Å²) in [4.78, 5) is 0. The Bertz CT molecular complexity index is 280. The monoisotopic (exact) mass is 190 g/mol. The molecule has 0 atom stereocenters. The van der Waals surface area contributed by atoms with E-state index in [1.54, 1.807) is 6.07 Å². The second kappa shape index (κ2) is 3.60. The van der Waals surface area contributed by atoms with Crippen LogP contribution in [0.25, 0.3) is 0 Å². The number of hydrogen-bond acceptors (Lipinski definition) is 3. The van der Waals surface area contributed by atoms with Gasteiger partial charge in [-0.3, -0.25) is 0 Å². The van der Waals surface area contributed by atoms with E-state index in [2.05, 4.69) is 0 Å². The topological polar surface area (TPSA) is 38.5 Å². The molecule has 1 aromatic rings. The third kappa shape index (κ3) is 1.78. The first kappa shape index (κ1) is 9.09. The average Bonchev–Trinajstić information content (AvgIpc) is 2.04. The summed E-state index contributed by atoms with van der Waals surface area (Å²) in [5, 5.41) is 0. The molecule has 0 bridgehead atoms. The molecule has 66 valence electrons. The normalized spacial score (nSPS) is 9.67. The lowest BCUT2D eigenvalue weighted by atomic mass is 10.3. The number of methoxy groups -OCH3 is 1. The van der Waals surface area contributed by atoms with Crippen LogP contribution in [0, 0.1) is 5.82 Å². The molecule has 0 heterocycles. The van der Waals surface area contributed by atoms with Crippen LogP contribution in [0.4, 0.5) is 10.1 Å². The first-order valence-electron chi connectivity index (χ1n) is 3.19. The van der Waals surface area contributed by atoms with Crippen molar-refractivity contribution >= 4 is 17.5 Å². The molecule has 0 fully saturated rings. The minimum Gasteiger partial charge on any atom is -0.494 e. The van der Waals surface area contributed by atoms with Crippen molar-refractivity contribution in [2.24, 2.45) is 5.84 Å². The second-order valence-corrected chi connectivity index (χ2v) is 2.49. The zero-order chi connectivity index (χ0) is 9.14. The largest absolute Gasteiger partial charge is 0.494 e. The number of ether oxygens (including phenoxy) is 1. The van der Waals surface area contributed by atoms with Crippen molar-refractivity contribution in [3.05, 3.63) is 24.0 Å². The van der Waals surface area contributed by atoms with E-state index in [0.29, 0.717) is 5.69 Å². The first-order chi connectivity index (χ1) is 5.65. The molecule has 0 saturated carbocycles. The molecule has 0 spiro atoms. The van der Waals surface area contributed by atoms with Crippen LogP contribution >= 0.6 is 11.8 Å². The number of nitrogens with two attached hydrogens (primary N) is 1. The minimum atomic E-state index is -0.494. The molecule has 1 rings (SSSR count). The average molecular weight is 191 g/mol. The molecule has 0 aliphatic heterocycles. The maximum Gasteiger partial charge on any atom is 0.167 e. The number of nitrogens with zero attached hydrogens (tertiary/aromatic N) is 1. The molecule has 0 aromatic heterocycles. The molecule has 0 aliphatic carbocycles. The van der Waals surface area contributed by atoms with Crippen LogP contribution in [-0.4, -0.2) is 7.11 Å². The molecule has 0 unspecified atom stereocenters. The van der Waals surface area contributed by atoms with E-state index < -0.39 is 5.82 Å². The fraction of sp³-hybridized carbons (Fsp3) is 0.143. The summed E-state index contributed by atoms with van der Waals surface area (Å²) in [7, 11) is 1.39. The lowest BCUT2D eigenvalue weighted by molar-refractivity contribution is 0.386. The highest BCUT2D eigenvalue weighted by molar-refractivity contribution is 6.24. The first-order valence-corrected chi connectivity index (χ1v) is 3.53. The predicted molar refractivity (Wildman–Crippen MR) is 45.5 cm³/mol. The second-order valence-electron chi connectivity index (χ2n) is 2.13. The summed E-state index contributed by atoms with van der Waals surface area (Å²) >= 11 is 5.37. The lowest BCUT2D eigenvalue weighted by Crippen LogP contribution is -2.18. The van der Waals surface area contributed by atoms with Gasteiger partial charge in [0.2, 0.25) is 0 Å². The SMILES string of the molecule is COc1ccc(N(N)Cl)cc1F.